The average molecular weight is 321 g/mol. The second-order valence-electron chi connectivity index (χ2n) is 4.74. The number of esters is 1. The van der Waals surface area contributed by atoms with Gasteiger partial charge in [0.25, 0.3) is 5.79 Å². The molecule has 0 aliphatic heterocycles. The van der Waals surface area contributed by atoms with Gasteiger partial charge in [0.15, 0.2) is 23.6 Å². The maximum atomic E-state index is 14.4. The molecule has 22 heavy (non-hydrogen) atoms. The van der Waals surface area contributed by atoms with E-state index in [1.807, 2.05) is 0 Å². The van der Waals surface area contributed by atoms with E-state index in [2.05, 4.69) is 11.3 Å². The maximum Gasteiger partial charge on any atom is 0.330 e. The predicted octanol–water partition coefficient (Wildman–Crippen LogP) is 2.33. The number of alkyl halides is 2. The highest BCUT2D eigenvalue weighted by atomic mass is 19.2. The zero-order chi connectivity index (χ0) is 17.1. The number of carbonyl (C=O) groups excluding carboxylic acids is 2. The summed E-state index contributed by atoms with van der Waals surface area (Å²) >= 11 is 0. The fourth-order valence-corrected chi connectivity index (χ4v) is 1.85. The molecule has 122 valence electrons. The number of allylic oxidation sites excluding steroid dienone is 2. The van der Waals surface area contributed by atoms with Crippen LogP contribution in [0.25, 0.3) is 0 Å². The van der Waals surface area contributed by atoms with Gasteiger partial charge in [0.1, 0.15) is 0 Å². The predicted molar refractivity (Wildman–Crippen MR) is 70.5 cm³/mol. The van der Waals surface area contributed by atoms with Gasteiger partial charge >= 0.3 is 5.97 Å². The second kappa shape index (κ2) is 6.87. The van der Waals surface area contributed by atoms with E-state index in [0.29, 0.717) is 11.0 Å². The number of Topliss-reactive ketones (excluding diaryl/α,β-unsaturated/α-hetero) is 1. The SMILES string of the molecule is C=CC(=O)OCCC(=O)C1=CC(F)=C(F)C(F)(N(C)C)C1F. The molecule has 1 aliphatic carbocycles. The molecule has 2 atom stereocenters. The van der Waals surface area contributed by atoms with Gasteiger partial charge < -0.3 is 4.74 Å². The van der Waals surface area contributed by atoms with Gasteiger partial charge in [-0.15, -0.1) is 0 Å². The van der Waals surface area contributed by atoms with Crippen molar-refractivity contribution >= 4 is 11.8 Å². The summed E-state index contributed by atoms with van der Waals surface area (Å²) in [5.41, 5.74) is -0.857. The van der Waals surface area contributed by atoms with Gasteiger partial charge in [-0.25, -0.2) is 22.4 Å². The Kier molecular flexibility index (Phi) is 5.65. The number of carbonyl (C=O) groups is 2. The van der Waals surface area contributed by atoms with Crippen LogP contribution >= 0.6 is 0 Å². The molecule has 0 heterocycles. The van der Waals surface area contributed by atoms with E-state index in [9.17, 15) is 27.2 Å². The van der Waals surface area contributed by atoms with E-state index in [4.69, 9.17) is 0 Å². The normalized spacial score (nSPS) is 25.0. The van der Waals surface area contributed by atoms with Crippen LogP contribution in [0.1, 0.15) is 6.42 Å². The number of rotatable bonds is 6. The maximum absolute atomic E-state index is 14.4. The van der Waals surface area contributed by atoms with Crippen molar-refractivity contribution in [2.75, 3.05) is 20.7 Å². The Morgan fingerprint density at radius 1 is 1.45 bits per heavy atom. The summed E-state index contributed by atoms with van der Waals surface area (Å²) < 4.78 is 60.2. The Morgan fingerprint density at radius 2 is 2.05 bits per heavy atom. The molecule has 8 heteroatoms. The lowest BCUT2D eigenvalue weighted by Gasteiger charge is -2.36. The minimum atomic E-state index is -3.40. The lowest BCUT2D eigenvalue weighted by molar-refractivity contribution is -0.138. The molecule has 2 unspecified atom stereocenters. The van der Waals surface area contributed by atoms with Crippen LogP contribution in [-0.2, 0) is 14.3 Å². The van der Waals surface area contributed by atoms with Crippen LogP contribution in [0.4, 0.5) is 17.6 Å². The van der Waals surface area contributed by atoms with Gasteiger partial charge in [-0.3, -0.25) is 9.69 Å². The lowest BCUT2D eigenvalue weighted by atomic mass is 9.90. The number of hydrogen-bond acceptors (Lipinski definition) is 4. The molecule has 0 bridgehead atoms. The first-order valence-electron chi connectivity index (χ1n) is 6.26. The van der Waals surface area contributed by atoms with E-state index in [1.165, 1.54) is 0 Å². The number of ketones is 1. The van der Waals surface area contributed by atoms with Crippen molar-refractivity contribution in [2.24, 2.45) is 0 Å². The Labute approximate surface area is 124 Å². The molecule has 1 aliphatic rings. The minimum absolute atomic E-state index is 0.318. The third kappa shape index (κ3) is 3.27. The molecule has 0 saturated carbocycles. The summed E-state index contributed by atoms with van der Waals surface area (Å²) in [6, 6.07) is 0. The van der Waals surface area contributed by atoms with Crippen molar-refractivity contribution in [3.8, 4) is 0 Å². The molecule has 0 aromatic heterocycles. The Morgan fingerprint density at radius 3 is 2.55 bits per heavy atom. The highest BCUT2D eigenvalue weighted by molar-refractivity contribution is 5.97. The quantitative estimate of drug-likeness (QED) is 0.326. The van der Waals surface area contributed by atoms with Crippen molar-refractivity contribution in [2.45, 2.75) is 18.4 Å². The largest absolute Gasteiger partial charge is 0.462 e. The Hall–Kier alpha value is -1.96. The summed E-state index contributed by atoms with van der Waals surface area (Å²) in [6.07, 6.45) is -2.02. The molecule has 0 aromatic carbocycles. The van der Waals surface area contributed by atoms with Gasteiger partial charge in [0, 0.05) is 18.1 Å². The Bertz CT molecular complexity index is 556. The molecule has 4 nitrogen and oxygen atoms in total. The van der Waals surface area contributed by atoms with Crippen molar-refractivity contribution in [1.82, 2.24) is 4.90 Å². The summed E-state index contributed by atoms with van der Waals surface area (Å²) in [7, 11) is 2.03. The molecular formula is C14H15F4NO3. The third-order valence-electron chi connectivity index (χ3n) is 3.12. The molecule has 0 amide bonds. The lowest BCUT2D eigenvalue weighted by Crippen LogP contribution is -2.52. The molecule has 0 radical (unpaired) electrons. The second-order valence-corrected chi connectivity index (χ2v) is 4.74. The van der Waals surface area contributed by atoms with Gasteiger partial charge in [-0.05, 0) is 20.2 Å². The molecule has 0 aromatic rings. The summed E-state index contributed by atoms with van der Waals surface area (Å²) in [6.45, 7) is 2.72. The van der Waals surface area contributed by atoms with Gasteiger partial charge in [-0.2, -0.15) is 0 Å². The van der Waals surface area contributed by atoms with Gasteiger partial charge in [0.2, 0.25) is 0 Å². The van der Waals surface area contributed by atoms with E-state index in [1.54, 1.807) is 0 Å². The topological polar surface area (TPSA) is 46.6 Å². The third-order valence-corrected chi connectivity index (χ3v) is 3.12. The van der Waals surface area contributed by atoms with Crippen LogP contribution in [-0.4, -0.2) is 49.3 Å². The Balaban J connectivity index is 2.95. The number of ether oxygens (including phenoxy) is 1. The number of likely N-dealkylation sites (N-methyl/N-ethyl adjacent to an activating group) is 1. The van der Waals surface area contributed by atoms with Crippen molar-refractivity contribution in [3.63, 3.8) is 0 Å². The zero-order valence-corrected chi connectivity index (χ0v) is 12.0. The van der Waals surface area contributed by atoms with E-state index >= 15 is 0 Å². The van der Waals surface area contributed by atoms with Crippen LogP contribution < -0.4 is 0 Å². The fraction of sp³-hybridized carbons (Fsp3) is 0.429. The standard InChI is InChI=1S/C14H15F4NO3/c1-4-11(21)22-6-5-10(20)8-7-9(15)13(17)14(18,12(8)16)19(2)3/h4,7,12H,1,5-6H2,2-3H3. The fourth-order valence-electron chi connectivity index (χ4n) is 1.85. The van der Waals surface area contributed by atoms with Crippen LogP contribution in [0, 0.1) is 0 Å². The molecule has 1 rings (SSSR count). The first-order valence-corrected chi connectivity index (χ1v) is 6.26. The number of hydrogen-bond donors (Lipinski definition) is 0. The van der Waals surface area contributed by atoms with E-state index in [-0.39, 0.29) is 0 Å². The summed E-state index contributed by atoms with van der Waals surface area (Å²) in [4.78, 5) is 23.1. The first kappa shape index (κ1) is 18.1. The smallest absolute Gasteiger partial charge is 0.330 e. The molecule has 0 spiro atoms. The highest BCUT2D eigenvalue weighted by Gasteiger charge is 2.53. The van der Waals surface area contributed by atoms with Crippen LogP contribution in [0.5, 0.6) is 0 Å². The van der Waals surface area contributed by atoms with Crippen molar-refractivity contribution in [1.29, 1.82) is 0 Å². The number of halogens is 4. The highest BCUT2D eigenvalue weighted by Crippen LogP contribution is 2.41. The molecule has 0 fully saturated rings. The zero-order valence-electron chi connectivity index (χ0n) is 12.0. The van der Waals surface area contributed by atoms with Crippen LogP contribution in [0.15, 0.2) is 36.0 Å². The van der Waals surface area contributed by atoms with Gasteiger partial charge in [-0.1, -0.05) is 6.58 Å². The summed E-state index contributed by atoms with van der Waals surface area (Å²) in [5.74, 6) is -8.78. The van der Waals surface area contributed by atoms with Gasteiger partial charge in [0.05, 0.1) is 6.61 Å². The molecular weight excluding hydrogens is 306 g/mol. The summed E-state index contributed by atoms with van der Waals surface area (Å²) in [5, 5.41) is 0. The van der Waals surface area contributed by atoms with Crippen molar-refractivity contribution < 1.29 is 31.9 Å². The molecule has 0 N–H and O–H groups in total. The molecule has 0 saturated heterocycles. The van der Waals surface area contributed by atoms with Crippen molar-refractivity contribution in [3.05, 3.63) is 36.0 Å². The van der Waals surface area contributed by atoms with Crippen LogP contribution in [0.3, 0.4) is 0 Å². The average Bonchev–Trinajstić information content (AvgIpc) is 2.47. The minimum Gasteiger partial charge on any atom is -0.462 e. The van der Waals surface area contributed by atoms with Crippen LogP contribution in [0.2, 0.25) is 0 Å². The van der Waals surface area contributed by atoms with E-state index < -0.39 is 54.0 Å². The first-order chi connectivity index (χ1) is 10.2. The van der Waals surface area contributed by atoms with E-state index in [0.717, 1.165) is 20.2 Å². The number of nitrogens with zero attached hydrogens (tertiary/aromatic N) is 1. The monoisotopic (exact) mass is 321 g/mol.